The molecule has 3 N–H and O–H groups in total. The summed E-state index contributed by atoms with van der Waals surface area (Å²) >= 11 is 0. The summed E-state index contributed by atoms with van der Waals surface area (Å²) in [7, 11) is 1.34. The Labute approximate surface area is 95.5 Å². The Bertz CT molecular complexity index is 381. The molecule has 1 atom stereocenters. The number of halogens is 4. The first-order valence-corrected chi connectivity index (χ1v) is 4.72. The summed E-state index contributed by atoms with van der Waals surface area (Å²) in [5.41, 5.74) is 0.716. The number of hydrazine groups is 1. The zero-order valence-electron chi connectivity index (χ0n) is 9.01. The molecule has 0 spiro atoms. The van der Waals surface area contributed by atoms with Crippen LogP contribution in [-0.4, -0.2) is 13.7 Å². The predicted octanol–water partition coefficient (Wildman–Crippen LogP) is 2.00. The van der Waals surface area contributed by atoms with Gasteiger partial charge in [-0.2, -0.15) is 13.2 Å². The number of hydrogen-bond acceptors (Lipinski definition) is 3. The van der Waals surface area contributed by atoms with Gasteiger partial charge in [0, 0.05) is 12.7 Å². The van der Waals surface area contributed by atoms with Crippen LogP contribution in [0.15, 0.2) is 18.2 Å². The van der Waals surface area contributed by atoms with E-state index in [9.17, 15) is 17.6 Å². The SMILES string of the molecule is COCC(NN)c1cccc(C(F)(F)F)c1F. The van der Waals surface area contributed by atoms with E-state index in [2.05, 4.69) is 5.43 Å². The van der Waals surface area contributed by atoms with Crippen LogP contribution in [0.4, 0.5) is 17.6 Å². The van der Waals surface area contributed by atoms with Gasteiger partial charge in [0.1, 0.15) is 5.82 Å². The fourth-order valence-corrected chi connectivity index (χ4v) is 1.43. The fraction of sp³-hybridized carbons (Fsp3) is 0.400. The van der Waals surface area contributed by atoms with Crippen molar-refractivity contribution in [1.29, 1.82) is 0 Å². The van der Waals surface area contributed by atoms with Gasteiger partial charge in [-0.1, -0.05) is 12.1 Å². The molecule has 3 nitrogen and oxygen atoms in total. The molecule has 0 saturated carbocycles. The van der Waals surface area contributed by atoms with Crippen LogP contribution in [0, 0.1) is 5.82 Å². The Morgan fingerprint density at radius 2 is 2.06 bits per heavy atom. The number of hydrogen-bond donors (Lipinski definition) is 2. The summed E-state index contributed by atoms with van der Waals surface area (Å²) in [6.45, 7) is -0.0330. The highest BCUT2D eigenvalue weighted by Gasteiger charge is 2.35. The maximum Gasteiger partial charge on any atom is 0.419 e. The van der Waals surface area contributed by atoms with Gasteiger partial charge in [-0.3, -0.25) is 11.3 Å². The predicted molar refractivity (Wildman–Crippen MR) is 53.3 cm³/mol. The van der Waals surface area contributed by atoms with Gasteiger partial charge in [-0.25, -0.2) is 4.39 Å². The number of ether oxygens (including phenoxy) is 1. The summed E-state index contributed by atoms with van der Waals surface area (Å²) in [5.74, 6) is 3.81. The van der Waals surface area contributed by atoms with Gasteiger partial charge in [-0.05, 0) is 6.07 Å². The highest BCUT2D eigenvalue weighted by atomic mass is 19.4. The van der Waals surface area contributed by atoms with Crippen molar-refractivity contribution in [2.45, 2.75) is 12.2 Å². The van der Waals surface area contributed by atoms with E-state index in [0.29, 0.717) is 6.07 Å². The average molecular weight is 252 g/mol. The highest BCUT2D eigenvalue weighted by Crippen LogP contribution is 2.33. The second-order valence-corrected chi connectivity index (χ2v) is 3.38. The molecule has 0 aliphatic heterocycles. The summed E-state index contributed by atoms with van der Waals surface area (Å²) in [6.07, 6.45) is -4.73. The van der Waals surface area contributed by atoms with Crippen molar-refractivity contribution in [3.05, 3.63) is 35.1 Å². The zero-order valence-corrected chi connectivity index (χ0v) is 9.01. The molecule has 1 rings (SSSR count). The minimum Gasteiger partial charge on any atom is -0.383 e. The molecule has 7 heteroatoms. The van der Waals surface area contributed by atoms with E-state index >= 15 is 0 Å². The normalized spacial score (nSPS) is 13.8. The summed E-state index contributed by atoms with van der Waals surface area (Å²) in [6, 6.07) is 2.21. The topological polar surface area (TPSA) is 47.3 Å². The Hall–Kier alpha value is -1.18. The first kappa shape index (κ1) is 13.9. The van der Waals surface area contributed by atoms with Crippen molar-refractivity contribution in [2.24, 2.45) is 5.84 Å². The molecule has 0 radical (unpaired) electrons. The van der Waals surface area contributed by atoms with Crippen LogP contribution < -0.4 is 11.3 Å². The first-order chi connectivity index (χ1) is 7.91. The van der Waals surface area contributed by atoms with Gasteiger partial charge in [0.25, 0.3) is 0 Å². The molecule has 0 heterocycles. The molecule has 1 aromatic rings. The zero-order chi connectivity index (χ0) is 13.1. The van der Waals surface area contributed by atoms with Crippen LogP contribution in [0.3, 0.4) is 0 Å². The second kappa shape index (κ2) is 5.44. The molecule has 0 saturated heterocycles. The van der Waals surface area contributed by atoms with E-state index in [1.165, 1.54) is 13.2 Å². The van der Waals surface area contributed by atoms with Crippen molar-refractivity contribution >= 4 is 0 Å². The van der Waals surface area contributed by atoms with E-state index in [1.54, 1.807) is 0 Å². The van der Waals surface area contributed by atoms with Gasteiger partial charge in [0.2, 0.25) is 0 Å². The van der Waals surface area contributed by atoms with Crippen molar-refractivity contribution in [1.82, 2.24) is 5.43 Å². The maximum atomic E-state index is 13.7. The third-order valence-electron chi connectivity index (χ3n) is 2.24. The van der Waals surface area contributed by atoms with Crippen LogP contribution in [0.5, 0.6) is 0 Å². The number of methoxy groups -OCH3 is 1. The molecule has 1 unspecified atom stereocenters. The standard InChI is InChI=1S/C10H12F4N2O/c1-17-5-8(16-15)6-3-2-4-7(9(6)11)10(12,13)14/h2-4,8,16H,5,15H2,1H3. The summed E-state index contributed by atoms with van der Waals surface area (Å²) in [4.78, 5) is 0. The molecule has 0 bridgehead atoms. The lowest BCUT2D eigenvalue weighted by atomic mass is 10.0. The smallest absolute Gasteiger partial charge is 0.383 e. The summed E-state index contributed by atoms with van der Waals surface area (Å²) < 4.78 is 55.8. The monoisotopic (exact) mass is 252 g/mol. The Balaban J connectivity index is 3.17. The third kappa shape index (κ3) is 3.15. The summed E-state index contributed by atoms with van der Waals surface area (Å²) in [5, 5.41) is 0. The second-order valence-electron chi connectivity index (χ2n) is 3.38. The van der Waals surface area contributed by atoms with E-state index in [4.69, 9.17) is 10.6 Å². The molecule has 0 aliphatic rings. The van der Waals surface area contributed by atoms with Gasteiger partial charge >= 0.3 is 6.18 Å². The largest absolute Gasteiger partial charge is 0.419 e. The van der Waals surface area contributed by atoms with E-state index < -0.39 is 23.6 Å². The van der Waals surface area contributed by atoms with Crippen molar-refractivity contribution in [2.75, 3.05) is 13.7 Å². The third-order valence-corrected chi connectivity index (χ3v) is 2.24. The number of nitrogens with two attached hydrogens (primary N) is 1. The fourth-order valence-electron chi connectivity index (χ4n) is 1.43. The maximum absolute atomic E-state index is 13.7. The number of nitrogens with one attached hydrogen (secondary N) is 1. The van der Waals surface area contributed by atoms with Crippen LogP contribution in [-0.2, 0) is 10.9 Å². The van der Waals surface area contributed by atoms with Crippen molar-refractivity contribution < 1.29 is 22.3 Å². The Morgan fingerprint density at radius 1 is 1.41 bits per heavy atom. The minimum absolute atomic E-state index is 0.0330. The lowest BCUT2D eigenvalue weighted by molar-refractivity contribution is -0.140. The Kier molecular flexibility index (Phi) is 4.44. The molecular weight excluding hydrogens is 240 g/mol. The van der Waals surface area contributed by atoms with Gasteiger partial charge in [-0.15, -0.1) is 0 Å². The minimum atomic E-state index is -4.73. The molecule has 17 heavy (non-hydrogen) atoms. The quantitative estimate of drug-likeness (QED) is 0.489. The van der Waals surface area contributed by atoms with Crippen molar-refractivity contribution in [3.63, 3.8) is 0 Å². The molecule has 0 amide bonds. The van der Waals surface area contributed by atoms with Gasteiger partial charge < -0.3 is 4.74 Å². The lowest BCUT2D eigenvalue weighted by Gasteiger charge is -2.18. The molecule has 96 valence electrons. The van der Waals surface area contributed by atoms with Crippen LogP contribution in [0.2, 0.25) is 0 Å². The number of rotatable bonds is 4. The highest BCUT2D eigenvalue weighted by molar-refractivity contribution is 5.30. The van der Waals surface area contributed by atoms with Crippen LogP contribution >= 0.6 is 0 Å². The van der Waals surface area contributed by atoms with E-state index in [-0.39, 0.29) is 12.2 Å². The van der Waals surface area contributed by atoms with Crippen LogP contribution in [0.1, 0.15) is 17.2 Å². The molecular formula is C10H12F4N2O. The van der Waals surface area contributed by atoms with Crippen LogP contribution in [0.25, 0.3) is 0 Å². The van der Waals surface area contributed by atoms with Gasteiger partial charge in [0.05, 0.1) is 18.2 Å². The molecule has 0 aliphatic carbocycles. The average Bonchev–Trinajstić information content (AvgIpc) is 2.25. The number of alkyl halides is 3. The van der Waals surface area contributed by atoms with Gasteiger partial charge in [0.15, 0.2) is 0 Å². The van der Waals surface area contributed by atoms with E-state index in [0.717, 1.165) is 6.07 Å². The first-order valence-electron chi connectivity index (χ1n) is 4.72. The van der Waals surface area contributed by atoms with E-state index in [1.807, 2.05) is 0 Å². The van der Waals surface area contributed by atoms with Crippen molar-refractivity contribution in [3.8, 4) is 0 Å². The lowest BCUT2D eigenvalue weighted by Crippen LogP contribution is -2.32. The molecule has 0 aromatic heterocycles. The number of benzene rings is 1. The Morgan fingerprint density at radius 3 is 2.53 bits per heavy atom. The molecule has 1 aromatic carbocycles. The molecule has 0 fully saturated rings.